The molecule has 0 aliphatic heterocycles. The summed E-state index contributed by atoms with van der Waals surface area (Å²) in [6.07, 6.45) is 0. The van der Waals surface area contributed by atoms with Gasteiger partial charge in [-0.05, 0) is 18.5 Å². The average molecular weight is 208 g/mol. The molecule has 0 unspecified atom stereocenters. The van der Waals surface area contributed by atoms with Crippen molar-refractivity contribution in [1.29, 1.82) is 0 Å². The molecule has 0 bridgehead atoms. The van der Waals surface area contributed by atoms with Crippen LogP contribution in [0.25, 0.3) is 0 Å². The van der Waals surface area contributed by atoms with Crippen molar-refractivity contribution in [3.05, 3.63) is 10.6 Å². The topological polar surface area (TPSA) is 98.0 Å². The zero-order valence-corrected chi connectivity index (χ0v) is 7.94. The monoisotopic (exact) mass is 208 g/mol. The number of nitrogens with zero attached hydrogens (tertiary/aromatic N) is 2. The molecular formula is C4H8N4O2S2. The quantitative estimate of drug-likeness (QED) is 0.675. The Hall–Kier alpha value is -0.570. The number of nitrogens with one attached hydrogen (secondary N) is 1. The maximum Gasteiger partial charge on any atom is 0.274 e. The smallest absolute Gasteiger partial charge is 0.216 e. The minimum absolute atomic E-state index is 0.155. The van der Waals surface area contributed by atoms with E-state index in [1.807, 2.05) is 0 Å². The standard InChI is InChI=1S/C4H8N4O2S2/c1-3-4(11-8-7-3)2-6-12(5,9)10/h6H,2H2,1H3,(H2,5,9,10). The first-order valence-electron chi connectivity index (χ1n) is 3.04. The molecule has 0 amide bonds. The Morgan fingerprint density at radius 3 is 2.75 bits per heavy atom. The summed E-state index contributed by atoms with van der Waals surface area (Å²) in [5.41, 5.74) is 0.719. The van der Waals surface area contributed by atoms with Crippen LogP contribution in [-0.2, 0) is 16.8 Å². The molecular weight excluding hydrogens is 200 g/mol. The molecule has 0 atom stereocenters. The normalized spacial score (nSPS) is 11.8. The molecule has 0 saturated carbocycles. The summed E-state index contributed by atoms with van der Waals surface area (Å²) in [5, 5.41) is 8.44. The Morgan fingerprint density at radius 2 is 2.33 bits per heavy atom. The number of hydrogen-bond acceptors (Lipinski definition) is 5. The van der Waals surface area contributed by atoms with Crippen molar-refractivity contribution in [2.24, 2.45) is 5.14 Å². The van der Waals surface area contributed by atoms with E-state index in [-0.39, 0.29) is 6.54 Å². The van der Waals surface area contributed by atoms with Crippen LogP contribution in [0, 0.1) is 6.92 Å². The van der Waals surface area contributed by atoms with Crippen molar-refractivity contribution in [2.45, 2.75) is 13.5 Å². The van der Waals surface area contributed by atoms with Gasteiger partial charge in [-0.25, -0.2) is 5.14 Å². The molecule has 0 aliphatic rings. The molecule has 0 aliphatic carbocycles. The van der Waals surface area contributed by atoms with E-state index in [9.17, 15) is 8.42 Å². The number of aromatic nitrogens is 2. The van der Waals surface area contributed by atoms with Gasteiger partial charge >= 0.3 is 0 Å². The van der Waals surface area contributed by atoms with E-state index in [0.717, 1.165) is 22.1 Å². The highest BCUT2D eigenvalue weighted by Gasteiger charge is 2.06. The lowest BCUT2D eigenvalue weighted by atomic mass is 10.4. The molecule has 6 nitrogen and oxygen atoms in total. The average Bonchev–Trinajstić information content (AvgIpc) is 2.29. The van der Waals surface area contributed by atoms with Crippen LogP contribution in [0.5, 0.6) is 0 Å². The molecule has 12 heavy (non-hydrogen) atoms. The first-order valence-corrected chi connectivity index (χ1v) is 5.36. The van der Waals surface area contributed by atoms with Crippen molar-refractivity contribution in [3.8, 4) is 0 Å². The van der Waals surface area contributed by atoms with Crippen LogP contribution in [0.2, 0.25) is 0 Å². The van der Waals surface area contributed by atoms with Crippen molar-refractivity contribution >= 4 is 21.7 Å². The third kappa shape index (κ3) is 2.81. The van der Waals surface area contributed by atoms with Crippen molar-refractivity contribution in [3.63, 3.8) is 0 Å². The highest BCUT2D eigenvalue weighted by molar-refractivity contribution is 7.87. The molecule has 1 aromatic rings. The van der Waals surface area contributed by atoms with Gasteiger partial charge in [0.25, 0.3) is 10.2 Å². The van der Waals surface area contributed by atoms with Gasteiger partial charge in [-0.3, -0.25) is 0 Å². The first-order chi connectivity index (χ1) is 5.49. The molecule has 0 saturated heterocycles. The third-order valence-electron chi connectivity index (χ3n) is 1.18. The highest BCUT2D eigenvalue weighted by Crippen LogP contribution is 2.07. The SMILES string of the molecule is Cc1nnsc1CNS(N)(=O)=O. The van der Waals surface area contributed by atoms with Gasteiger partial charge in [0.15, 0.2) is 0 Å². The molecule has 68 valence electrons. The van der Waals surface area contributed by atoms with Crippen LogP contribution in [-0.4, -0.2) is 18.0 Å². The Kier molecular flexibility index (Phi) is 2.73. The Bertz CT molecular complexity index is 357. The first kappa shape index (κ1) is 9.52. The van der Waals surface area contributed by atoms with Gasteiger partial charge in [0.2, 0.25) is 0 Å². The van der Waals surface area contributed by atoms with Crippen molar-refractivity contribution < 1.29 is 8.42 Å². The van der Waals surface area contributed by atoms with Crippen LogP contribution in [0.4, 0.5) is 0 Å². The molecule has 1 heterocycles. The predicted molar refractivity (Wildman–Crippen MR) is 44.6 cm³/mol. The minimum atomic E-state index is -3.62. The summed E-state index contributed by atoms with van der Waals surface area (Å²) in [5.74, 6) is 0. The Labute approximate surface area is 74.1 Å². The van der Waals surface area contributed by atoms with Gasteiger partial charge in [0.1, 0.15) is 0 Å². The van der Waals surface area contributed by atoms with E-state index < -0.39 is 10.2 Å². The Morgan fingerprint density at radius 1 is 1.67 bits per heavy atom. The van der Waals surface area contributed by atoms with Crippen LogP contribution in [0.3, 0.4) is 0 Å². The molecule has 1 rings (SSSR count). The van der Waals surface area contributed by atoms with Crippen LogP contribution >= 0.6 is 11.5 Å². The van der Waals surface area contributed by atoms with Gasteiger partial charge in [-0.1, -0.05) is 4.49 Å². The molecule has 0 fully saturated rings. The van der Waals surface area contributed by atoms with Gasteiger partial charge in [-0.15, -0.1) is 5.10 Å². The van der Waals surface area contributed by atoms with E-state index in [4.69, 9.17) is 5.14 Å². The summed E-state index contributed by atoms with van der Waals surface area (Å²) in [6, 6.07) is 0. The van der Waals surface area contributed by atoms with Crippen molar-refractivity contribution in [2.75, 3.05) is 0 Å². The summed E-state index contributed by atoms with van der Waals surface area (Å²) in [4.78, 5) is 0.768. The van der Waals surface area contributed by atoms with E-state index >= 15 is 0 Å². The maximum atomic E-state index is 10.5. The van der Waals surface area contributed by atoms with E-state index in [1.54, 1.807) is 6.92 Å². The molecule has 3 N–H and O–H groups in total. The molecule has 0 spiro atoms. The number of rotatable bonds is 3. The predicted octanol–water partition coefficient (Wildman–Crippen LogP) is -0.860. The number of nitrogens with two attached hydrogens (primary N) is 1. The summed E-state index contributed by atoms with van der Waals surface area (Å²) in [6.45, 7) is 1.91. The fourth-order valence-corrected chi connectivity index (χ4v) is 1.59. The van der Waals surface area contributed by atoms with Gasteiger partial charge < -0.3 is 0 Å². The zero-order valence-electron chi connectivity index (χ0n) is 6.31. The lowest BCUT2D eigenvalue weighted by Gasteiger charge is -1.97. The Balaban J connectivity index is 2.61. The summed E-state index contributed by atoms with van der Waals surface area (Å²) in [7, 11) is -3.62. The third-order valence-corrected chi connectivity index (χ3v) is 2.55. The van der Waals surface area contributed by atoms with Gasteiger partial charge in [0.05, 0.1) is 10.6 Å². The maximum absolute atomic E-state index is 10.5. The molecule has 0 radical (unpaired) electrons. The fraction of sp³-hybridized carbons (Fsp3) is 0.500. The van der Waals surface area contributed by atoms with Crippen LogP contribution in [0.1, 0.15) is 10.6 Å². The fourth-order valence-electron chi connectivity index (χ4n) is 0.579. The van der Waals surface area contributed by atoms with E-state index in [0.29, 0.717) is 0 Å². The van der Waals surface area contributed by atoms with Crippen LogP contribution < -0.4 is 9.86 Å². The molecule has 0 aromatic carbocycles. The zero-order chi connectivity index (χ0) is 9.19. The number of hydrogen-bond donors (Lipinski definition) is 2. The van der Waals surface area contributed by atoms with E-state index in [1.165, 1.54) is 0 Å². The second-order valence-electron chi connectivity index (χ2n) is 2.15. The van der Waals surface area contributed by atoms with E-state index in [2.05, 4.69) is 14.3 Å². The number of aryl methyl sites for hydroxylation is 1. The minimum Gasteiger partial charge on any atom is -0.216 e. The molecule has 8 heteroatoms. The van der Waals surface area contributed by atoms with Crippen molar-refractivity contribution in [1.82, 2.24) is 14.3 Å². The van der Waals surface area contributed by atoms with Crippen LogP contribution in [0.15, 0.2) is 0 Å². The second-order valence-corrected chi connectivity index (χ2v) is 4.37. The largest absolute Gasteiger partial charge is 0.274 e. The molecule has 1 aromatic heterocycles. The van der Waals surface area contributed by atoms with Gasteiger partial charge in [-0.2, -0.15) is 13.1 Å². The lowest BCUT2D eigenvalue weighted by molar-refractivity contribution is 0.583. The summed E-state index contributed by atoms with van der Waals surface area (Å²) >= 11 is 1.15. The second kappa shape index (κ2) is 3.44. The lowest BCUT2D eigenvalue weighted by Crippen LogP contribution is -2.30. The highest BCUT2D eigenvalue weighted by atomic mass is 32.2. The van der Waals surface area contributed by atoms with Gasteiger partial charge in [0, 0.05) is 6.54 Å². The summed E-state index contributed by atoms with van der Waals surface area (Å²) < 4.78 is 26.7.